The average molecular weight is 221 g/mol. The van der Waals surface area contributed by atoms with E-state index in [1.807, 2.05) is 0 Å². The van der Waals surface area contributed by atoms with Gasteiger partial charge in [-0.15, -0.1) is 0 Å². The maximum Gasteiger partial charge on any atom is 0.311 e. The quantitative estimate of drug-likeness (QED) is 0.626. The van der Waals surface area contributed by atoms with E-state index in [2.05, 4.69) is 17.2 Å². The molecule has 2 atom stereocenters. The minimum Gasteiger partial charge on any atom is -0.361 e. The molecule has 0 spiro atoms. The first kappa shape index (κ1) is 10.9. The maximum atomic E-state index is 10.9. The van der Waals surface area contributed by atoms with Crippen molar-refractivity contribution in [2.75, 3.05) is 5.32 Å². The van der Waals surface area contributed by atoms with Crippen LogP contribution < -0.4 is 5.32 Å². The lowest BCUT2D eigenvalue weighted by Crippen LogP contribution is -2.08. The van der Waals surface area contributed by atoms with E-state index < -0.39 is 0 Å². The zero-order valence-electron chi connectivity index (χ0n) is 9.43. The molecule has 86 valence electrons. The highest BCUT2D eigenvalue weighted by molar-refractivity contribution is 5.57. The number of hydrogen-bond acceptors (Lipinski definition) is 4. The van der Waals surface area contributed by atoms with Crippen LogP contribution in [0.1, 0.15) is 25.3 Å². The molecule has 2 rings (SSSR count). The number of aromatic nitrogens is 1. The Hall–Kier alpha value is -1.65. The summed E-state index contributed by atoms with van der Waals surface area (Å²) in [6.45, 7) is 3.93. The third-order valence-corrected chi connectivity index (χ3v) is 2.97. The third kappa shape index (κ3) is 2.13. The number of nitrogens with zero attached hydrogens (tertiary/aromatic N) is 2. The molecule has 1 N–H and O–H groups in total. The molecule has 1 aliphatic carbocycles. The molecule has 1 heterocycles. The monoisotopic (exact) mass is 221 g/mol. The molecule has 1 aromatic rings. The van der Waals surface area contributed by atoms with Crippen molar-refractivity contribution in [2.24, 2.45) is 5.92 Å². The third-order valence-electron chi connectivity index (χ3n) is 2.97. The normalized spacial score (nSPS) is 22.9. The Morgan fingerprint density at radius 3 is 3.00 bits per heavy atom. The number of nitrogens with one attached hydrogen (secondary N) is 1. The SMILES string of the molecule is CCC1CC1Nc1ncc(C)cc1[N+](=O)[O-]. The zero-order valence-corrected chi connectivity index (χ0v) is 9.43. The van der Waals surface area contributed by atoms with E-state index in [1.165, 1.54) is 0 Å². The van der Waals surface area contributed by atoms with Crippen LogP contribution in [0.25, 0.3) is 0 Å². The second-order valence-corrected chi connectivity index (χ2v) is 4.29. The molecule has 16 heavy (non-hydrogen) atoms. The average Bonchev–Trinajstić information content (AvgIpc) is 2.99. The van der Waals surface area contributed by atoms with Gasteiger partial charge >= 0.3 is 5.69 Å². The number of nitro groups is 1. The number of pyridine rings is 1. The fourth-order valence-electron chi connectivity index (χ4n) is 1.86. The van der Waals surface area contributed by atoms with Gasteiger partial charge in [0.05, 0.1) is 4.92 Å². The van der Waals surface area contributed by atoms with Crippen molar-refractivity contribution in [1.82, 2.24) is 4.98 Å². The fraction of sp³-hybridized carbons (Fsp3) is 0.545. The Bertz CT molecular complexity index is 420. The van der Waals surface area contributed by atoms with Crippen LogP contribution in [0.15, 0.2) is 12.3 Å². The van der Waals surface area contributed by atoms with E-state index in [9.17, 15) is 10.1 Å². The highest BCUT2D eigenvalue weighted by Crippen LogP contribution is 2.37. The van der Waals surface area contributed by atoms with Gasteiger partial charge in [0.15, 0.2) is 0 Å². The van der Waals surface area contributed by atoms with Gasteiger partial charge in [0, 0.05) is 18.3 Å². The second-order valence-electron chi connectivity index (χ2n) is 4.29. The molecule has 0 saturated heterocycles. The predicted molar refractivity (Wildman–Crippen MR) is 61.4 cm³/mol. The van der Waals surface area contributed by atoms with Gasteiger partial charge in [0.25, 0.3) is 0 Å². The molecule has 0 aromatic carbocycles. The Kier molecular flexibility index (Phi) is 2.77. The van der Waals surface area contributed by atoms with Gasteiger partial charge in [-0.1, -0.05) is 13.3 Å². The fourth-order valence-corrected chi connectivity index (χ4v) is 1.86. The maximum absolute atomic E-state index is 10.9. The molecule has 1 saturated carbocycles. The minimum atomic E-state index is -0.383. The summed E-state index contributed by atoms with van der Waals surface area (Å²) in [4.78, 5) is 14.6. The number of hydrogen-bond donors (Lipinski definition) is 1. The van der Waals surface area contributed by atoms with Gasteiger partial charge in [-0.05, 0) is 24.8 Å². The molecule has 1 aliphatic rings. The van der Waals surface area contributed by atoms with Gasteiger partial charge in [-0.25, -0.2) is 4.98 Å². The summed E-state index contributed by atoms with van der Waals surface area (Å²) in [6.07, 6.45) is 3.85. The molecule has 1 aromatic heterocycles. The van der Waals surface area contributed by atoms with E-state index >= 15 is 0 Å². The van der Waals surface area contributed by atoms with Gasteiger partial charge in [0.1, 0.15) is 0 Å². The lowest BCUT2D eigenvalue weighted by Gasteiger charge is -2.05. The molecule has 5 heteroatoms. The van der Waals surface area contributed by atoms with Crippen molar-refractivity contribution in [3.05, 3.63) is 27.9 Å². The van der Waals surface area contributed by atoms with E-state index in [4.69, 9.17) is 0 Å². The first-order valence-corrected chi connectivity index (χ1v) is 5.49. The van der Waals surface area contributed by atoms with Gasteiger partial charge in [-0.2, -0.15) is 0 Å². The van der Waals surface area contributed by atoms with Crippen LogP contribution in [-0.2, 0) is 0 Å². The van der Waals surface area contributed by atoms with Crippen LogP contribution in [-0.4, -0.2) is 15.9 Å². The molecule has 0 radical (unpaired) electrons. The lowest BCUT2D eigenvalue weighted by atomic mass is 10.2. The van der Waals surface area contributed by atoms with Gasteiger partial charge < -0.3 is 5.32 Å². The molecule has 1 fully saturated rings. The van der Waals surface area contributed by atoms with Crippen molar-refractivity contribution in [3.8, 4) is 0 Å². The van der Waals surface area contributed by atoms with Crippen LogP contribution in [0.3, 0.4) is 0 Å². The van der Waals surface area contributed by atoms with Crippen molar-refractivity contribution < 1.29 is 4.92 Å². The van der Waals surface area contributed by atoms with Crippen LogP contribution in [0.4, 0.5) is 11.5 Å². The second kappa shape index (κ2) is 4.08. The predicted octanol–water partition coefficient (Wildman–Crippen LogP) is 2.51. The van der Waals surface area contributed by atoms with Gasteiger partial charge in [-0.3, -0.25) is 10.1 Å². The van der Waals surface area contributed by atoms with Gasteiger partial charge in [0.2, 0.25) is 5.82 Å². The first-order valence-electron chi connectivity index (χ1n) is 5.49. The summed E-state index contributed by atoms with van der Waals surface area (Å²) in [5, 5.41) is 14.0. The molecular weight excluding hydrogens is 206 g/mol. The van der Waals surface area contributed by atoms with E-state index in [0.29, 0.717) is 17.8 Å². The van der Waals surface area contributed by atoms with Crippen LogP contribution >= 0.6 is 0 Å². The first-order chi connectivity index (χ1) is 7.61. The van der Waals surface area contributed by atoms with Crippen LogP contribution in [0.5, 0.6) is 0 Å². The Morgan fingerprint density at radius 1 is 1.69 bits per heavy atom. The minimum absolute atomic E-state index is 0.0711. The van der Waals surface area contributed by atoms with Crippen molar-refractivity contribution in [1.29, 1.82) is 0 Å². The lowest BCUT2D eigenvalue weighted by molar-refractivity contribution is -0.384. The molecular formula is C11H15N3O2. The standard InChI is InChI=1S/C11H15N3O2/c1-3-8-5-9(8)13-11-10(14(15)16)4-7(2)6-12-11/h4,6,8-9H,3,5H2,1-2H3,(H,12,13). The van der Waals surface area contributed by atoms with E-state index in [-0.39, 0.29) is 10.6 Å². The Morgan fingerprint density at radius 2 is 2.44 bits per heavy atom. The van der Waals surface area contributed by atoms with Crippen molar-refractivity contribution in [3.63, 3.8) is 0 Å². The number of anilines is 1. The van der Waals surface area contributed by atoms with E-state index in [1.54, 1.807) is 19.2 Å². The summed E-state index contributed by atoms with van der Waals surface area (Å²) in [5.74, 6) is 1.04. The highest BCUT2D eigenvalue weighted by Gasteiger charge is 2.36. The smallest absolute Gasteiger partial charge is 0.311 e. The van der Waals surface area contributed by atoms with Crippen LogP contribution in [0, 0.1) is 23.0 Å². The van der Waals surface area contributed by atoms with Crippen molar-refractivity contribution >= 4 is 11.5 Å². The molecule has 5 nitrogen and oxygen atoms in total. The summed E-state index contributed by atoms with van der Waals surface area (Å²) in [5.41, 5.74) is 0.877. The molecule has 0 aliphatic heterocycles. The molecule has 2 unspecified atom stereocenters. The van der Waals surface area contributed by atoms with E-state index in [0.717, 1.165) is 18.4 Å². The van der Waals surface area contributed by atoms with Crippen LogP contribution in [0.2, 0.25) is 0 Å². The molecule has 0 bridgehead atoms. The summed E-state index contributed by atoms with van der Waals surface area (Å²) < 4.78 is 0. The Balaban J connectivity index is 2.17. The summed E-state index contributed by atoms with van der Waals surface area (Å²) in [6, 6.07) is 1.91. The van der Waals surface area contributed by atoms with Crippen molar-refractivity contribution in [2.45, 2.75) is 32.7 Å². The number of aryl methyl sites for hydroxylation is 1. The number of rotatable bonds is 4. The highest BCUT2D eigenvalue weighted by atomic mass is 16.6. The largest absolute Gasteiger partial charge is 0.361 e. The molecule has 0 amide bonds. The Labute approximate surface area is 94.0 Å². The zero-order chi connectivity index (χ0) is 11.7. The topological polar surface area (TPSA) is 68.1 Å². The summed E-state index contributed by atoms with van der Waals surface area (Å²) >= 11 is 0. The summed E-state index contributed by atoms with van der Waals surface area (Å²) in [7, 11) is 0.